The van der Waals surface area contributed by atoms with Gasteiger partial charge in [-0.25, -0.2) is 0 Å². The second-order valence-electron chi connectivity index (χ2n) is 4.42. The van der Waals surface area contributed by atoms with Crippen LogP contribution >= 0.6 is 0 Å². The minimum Gasteiger partial charge on any atom is -0.376 e. The Morgan fingerprint density at radius 3 is 2.25 bits per heavy atom. The number of nitrogens with zero attached hydrogens (tertiary/aromatic N) is 2. The standard InChI is InChI=1S/C12H29N3O/c1-5-7-15(9-8-14(3)4)11-12(10-13)16-6-2/h12H,5-11,13H2,1-4H3. The number of nitrogens with two attached hydrogens (primary N) is 1. The molecule has 0 bridgehead atoms. The highest BCUT2D eigenvalue weighted by Crippen LogP contribution is 1.98. The summed E-state index contributed by atoms with van der Waals surface area (Å²) in [6.07, 6.45) is 1.36. The number of likely N-dealkylation sites (N-methyl/N-ethyl adjacent to an activating group) is 1. The van der Waals surface area contributed by atoms with Crippen LogP contribution in [0.5, 0.6) is 0 Å². The fourth-order valence-corrected chi connectivity index (χ4v) is 1.67. The summed E-state index contributed by atoms with van der Waals surface area (Å²) in [4.78, 5) is 4.65. The number of hydrogen-bond donors (Lipinski definition) is 1. The average molecular weight is 231 g/mol. The van der Waals surface area contributed by atoms with Crippen molar-refractivity contribution in [3.8, 4) is 0 Å². The van der Waals surface area contributed by atoms with Crippen molar-refractivity contribution in [1.29, 1.82) is 0 Å². The molecule has 4 nitrogen and oxygen atoms in total. The highest BCUT2D eigenvalue weighted by molar-refractivity contribution is 4.67. The van der Waals surface area contributed by atoms with Crippen molar-refractivity contribution in [2.45, 2.75) is 26.4 Å². The normalized spacial score (nSPS) is 13.7. The van der Waals surface area contributed by atoms with Crippen molar-refractivity contribution in [2.24, 2.45) is 5.73 Å². The largest absolute Gasteiger partial charge is 0.376 e. The molecule has 0 aliphatic rings. The van der Waals surface area contributed by atoms with E-state index in [-0.39, 0.29) is 6.10 Å². The Balaban J connectivity index is 3.97. The van der Waals surface area contributed by atoms with Crippen LogP contribution in [-0.2, 0) is 4.74 Å². The number of rotatable bonds is 10. The molecule has 0 aromatic rings. The highest BCUT2D eigenvalue weighted by Gasteiger charge is 2.12. The van der Waals surface area contributed by atoms with E-state index in [2.05, 4.69) is 30.8 Å². The van der Waals surface area contributed by atoms with Crippen LogP contribution in [0.2, 0.25) is 0 Å². The molecule has 16 heavy (non-hydrogen) atoms. The molecule has 0 radical (unpaired) electrons. The van der Waals surface area contributed by atoms with Gasteiger partial charge in [-0.05, 0) is 34.0 Å². The third-order valence-corrected chi connectivity index (χ3v) is 2.53. The molecule has 4 heteroatoms. The predicted octanol–water partition coefficient (Wildman–Crippen LogP) is 0.624. The minimum atomic E-state index is 0.179. The molecule has 0 aromatic heterocycles. The Labute approximate surface area is 101 Å². The lowest BCUT2D eigenvalue weighted by Crippen LogP contribution is -2.41. The summed E-state index contributed by atoms with van der Waals surface area (Å²) >= 11 is 0. The molecule has 0 aromatic carbocycles. The Hall–Kier alpha value is -0.160. The maximum atomic E-state index is 5.70. The first-order valence-electron chi connectivity index (χ1n) is 6.32. The Morgan fingerprint density at radius 1 is 1.12 bits per heavy atom. The Morgan fingerprint density at radius 2 is 1.81 bits per heavy atom. The summed E-state index contributed by atoms with van der Waals surface area (Å²) in [7, 11) is 4.21. The summed E-state index contributed by atoms with van der Waals surface area (Å²) in [6.45, 7) is 9.83. The summed E-state index contributed by atoms with van der Waals surface area (Å²) in [5.41, 5.74) is 5.70. The molecule has 0 saturated carbocycles. The Bertz CT molecular complexity index is 153. The second kappa shape index (κ2) is 10.0. The summed E-state index contributed by atoms with van der Waals surface area (Å²) in [6, 6.07) is 0. The van der Waals surface area contributed by atoms with E-state index in [0.717, 1.165) is 32.8 Å². The van der Waals surface area contributed by atoms with E-state index >= 15 is 0 Å². The SMILES string of the molecule is CCCN(CCN(C)C)CC(CN)OCC. The lowest BCUT2D eigenvalue weighted by Gasteiger charge is -2.27. The van der Waals surface area contributed by atoms with Crippen LogP contribution in [0.15, 0.2) is 0 Å². The van der Waals surface area contributed by atoms with Crippen molar-refractivity contribution in [1.82, 2.24) is 9.80 Å². The fraction of sp³-hybridized carbons (Fsp3) is 1.00. The van der Waals surface area contributed by atoms with E-state index in [1.165, 1.54) is 6.42 Å². The van der Waals surface area contributed by atoms with Crippen LogP contribution < -0.4 is 5.73 Å². The van der Waals surface area contributed by atoms with E-state index < -0.39 is 0 Å². The van der Waals surface area contributed by atoms with Crippen LogP contribution in [0.25, 0.3) is 0 Å². The molecule has 2 N–H and O–H groups in total. The zero-order valence-corrected chi connectivity index (χ0v) is 11.4. The maximum absolute atomic E-state index is 5.70. The summed E-state index contributed by atoms with van der Waals surface area (Å²) < 4.78 is 5.59. The van der Waals surface area contributed by atoms with E-state index in [9.17, 15) is 0 Å². The summed E-state index contributed by atoms with van der Waals surface area (Å²) in [5, 5.41) is 0. The first kappa shape index (κ1) is 15.8. The summed E-state index contributed by atoms with van der Waals surface area (Å²) in [5.74, 6) is 0. The first-order valence-corrected chi connectivity index (χ1v) is 6.32. The lowest BCUT2D eigenvalue weighted by atomic mass is 10.3. The van der Waals surface area contributed by atoms with Gasteiger partial charge in [-0.2, -0.15) is 0 Å². The van der Waals surface area contributed by atoms with Crippen LogP contribution in [0.3, 0.4) is 0 Å². The maximum Gasteiger partial charge on any atom is 0.0823 e. The number of hydrogen-bond acceptors (Lipinski definition) is 4. The van der Waals surface area contributed by atoms with Crippen LogP contribution in [0.1, 0.15) is 20.3 Å². The molecule has 0 amide bonds. The van der Waals surface area contributed by atoms with Crippen LogP contribution in [0.4, 0.5) is 0 Å². The van der Waals surface area contributed by atoms with Crippen molar-refractivity contribution in [3.05, 3.63) is 0 Å². The smallest absolute Gasteiger partial charge is 0.0823 e. The van der Waals surface area contributed by atoms with Crippen molar-refractivity contribution >= 4 is 0 Å². The average Bonchev–Trinajstić information content (AvgIpc) is 2.25. The second-order valence-corrected chi connectivity index (χ2v) is 4.42. The number of ether oxygens (including phenoxy) is 1. The molecule has 0 aliphatic heterocycles. The van der Waals surface area contributed by atoms with Crippen LogP contribution in [0, 0.1) is 0 Å². The van der Waals surface area contributed by atoms with Gasteiger partial charge < -0.3 is 15.4 Å². The van der Waals surface area contributed by atoms with Gasteiger partial charge in [0.2, 0.25) is 0 Å². The van der Waals surface area contributed by atoms with E-state index in [1.54, 1.807) is 0 Å². The van der Waals surface area contributed by atoms with Crippen molar-refractivity contribution < 1.29 is 4.74 Å². The molecular weight excluding hydrogens is 202 g/mol. The van der Waals surface area contributed by atoms with Gasteiger partial charge in [0.1, 0.15) is 0 Å². The van der Waals surface area contributed by atoms with E-state index in [4.69, 9.17) is 10.5 Å². The predicted molar refractivity (Wildman–Crippen MR) is 69.8 cm³/mol. The highest BCUT2D eigenvalue weighted by atomic mass is 16.5. The van der Waals surface area contributed by atoms with Gasteiger partial charge in [0.25, 0.3) is 0 Å². The van der Waals surface area contributed by atoms with Gasteiger partial charge in [-0.3, -0.25) is 4.90 Å². The monoisotopic (exact) mass is 231 g/mol. The quantitative estimate of drug-likeness (QED) is 0.598. The van der Waals surface area contributed by atoms with E-state index in [0.29, 0.717) is 6.54 Å². The zero-order valence-electron chi connectivity index (χ0n) is 11.4. The molecule has 0 saturated heterocycles. The van der Waals surface area contributed by atoms with Crippen LogP contribution in [-0.4, -0.2) is 69.3 Å². The molecule has 0 rings (SSSR count). The van der Waals surface area contributed by atoms with Gasteiger partial charge in [0, 0.05) is 32.8 Å². The third-order valence-electron chi connectivity index (χ3n) is 2.53. The molecule has 98 valence electrons. The molecule has 1 unspecified atom stereocenters. The Kier molecular flexibility index (Phi) is 9.92. The minimum absolute atomic E-state index is 0.179. The van der Waals surface area contributed by atoms with E-state index in [1.807, 2.05) is 6.92 Å². The molecular formula is C12H29N3O. The molecule has 0 aliphatic carbocycles. The lowest BCUT2D eigenvalue weighted by molar-refractivity contribution is 0.0378. The molecule has 0 heterocycles. The van der Waals surface area contributed by atoms with Gasteiger partial charge in [-0.1, -0.05) is 6.92 Å². The fourth-order valence-electron chi connectivity index (χ4n) is 1.67. The van der Waals surface area contributed by atoms with Gasteiger partial charge >= 0.3 is 0 Å². The molecule has 1 atom stereocenters. The third kappa shape index (κ3) is 8.05. The topological polar surface area (TPSA) is 41.7 Å². The van der Waals surface area contributed by atoms with Gasteiger partial charge in [0.15, 0.2) is 0 Å². The zero-order chi connectivity index (χ0) is 12.4. The van der Waals surface area contributed by atoms with Crippen molar-refractivity contribution in [3.63, 3.8) is 0 Å². The first-order chi connectivity index (χ1) is 7.63. The molecule has 0 spiro atoms. The van der Waals surface area contributed by atoms with Crippen molar-refractivity contribution in [2.75, 3.05) is 53.4 Å². The molecule has 0 fully saturated rings. The van der Waals surface area contributed by atoms with Gasteiger partial charge in [-0.15, -0.1) is 0 Å². The van der Waals surface area contributed by atoms with Gasteiger partial charge in [0.05, 0.1) is 6.10 Å².